The number of piperidine rings is 1. The highest BCUT2D eigenvalue weighted by molar-refractivity contribution is 7.88. The Kier molecular flexibility index (Phi) is 7.57. The highest BCUT2D eigenvalue weighted by Gasteiger charge is 2.37. The minimum atomic E-state index is -4.77. The van der Waals surface area contributed by atoms with Crippen LogP contribution in [0.15, 0.2) is 36.9 Å². The largest absolute Gasteiger partial charge is 0.420 e. The number of alkyl halides is 4. The molecule has 9 nitrogen and oxygen atoms in total. The second-order valence-electron chi connectivity index (χ2n) is 9.71. The molecule has 3 aromatic rings. The molecule has 0 bridgehead atoms. The van der Waals surface area contributed by atoms with Crippen LogP contribution in [0.2, 0.25) is 5.02 Å². The second kappa shape index (κ2) is 10.6. The molecule has 210 valence electrons. The summed E-state index contributed by atoms with van der Waals surface area (Å²) < 4.78 is 82.2. The van der Waals surface area contributed by atoms with Crippen LogP contribution in [-0.2, 0) is 22.7 Å². The Labute approximate surface area is 227 Å². The molecule has 5 rings (SSSR count). The number of benzene rings is 1. The molecule has 0 aliphatic carbocycles. The van der Waals surface area contributed by atoms with Gasteiger partial charge in [0.05, 0.1) is 23.0 Å². The molecule has 2 atom stereocenters. The lowest BCUT2D eigenvalue weighted by molar-refractivity contribution is -0.137. The fourth-order valence-corrected chi connectivity index (χ4v) is 5.74. The molecular weight excluding hydrogens is 562 g/mol. The van der Waals surface area contributed by atoms with Gasteiger partial charge in [-0.25, -0.2) is 27.8 Å². The first-order valence-electron chi connectivity index (χ1n) is 12.2. The summed E-state index contributed by atoms with van der Waals surface area (Å²) >= 11 is 6.49. The smallest absolute Gasteiger partial charge is 0.348 e. The van der Waals surface area contributed by atoms with Crippen molar-refractivity contribution >= 4 is 27.6 Å². The zero-order valence-electron chi connectivity index (χ0n) is 20.9. The third kappa shape index (κ3) is 6.18. The van der Waals surface area contributed by atoms with Crippen LogP contribution in [-0.4, -0.2) is 81.8 Å². The van der Waals surface area contributed by atoms with Crippen molar-refractivity contribution in [2.45, 2.75) is 37.8 Å². The number of nitrogens with zero attached hydrogens (tertiary/aromatic N) is 6. The minimum absolute atomic E-state index is 0.0619. The first-order chi connectivity index (χ1) is 18.4. The Balaban J connectivity index is 1.39. The molecule has 4 heterocycles. The van der Waals surface area contributed by atoms with Gasteiger partial charge in [0.25, 0.3) is 0 Å². The lowest BCUT2D eigenvalue weighted by Gasteiger charge is -2.33. The third-order valence-corrected chi connectivity index (χ3v) is 8.42. The number of aromatic nitrogens is 4. The zero-order chi connectivity index (χ0) is 27.9. The first kappa shape index (κ1) is 27.7. The van der Waals surface area contributed by atoms with E-state index in [0.29, 0.717) is 16.9 Å². The summed E-state index contributed by atoms with van der Waals surface area (Å²) in [5.41, 5.74) is -0.0757. The molecule has 0 saturated carbocycles. The molecule has 0 unspecified atom stereocenters. The number of hydrogen-bond donors (Lipinski definition) is 1. The van der Waals surface area contributed by atoms with Gasteiger partial charge >= 0.3 is 6.18 Å². The molecule has 0 spiro atoms. The molecule has 39 heavy (non-hydrogen) atoms. The average Bonchev–Trinajstić information content (AvgIpc) is 3.31. The number of rotatable bonds is 7. The molecule has 0 radical (unpaired) electrons. The van der Waals surface area contributed by atoms with Gasteiger partial charge in [-0.15, -0.1) is 0 Å². The van der Waals surface area contributed by atoms with Crippen LogP contribution < -0.4 is 5.32 Å². The molecule has 2 aromatic heterocycles. The van der Waals surface area contributed by atoms with Crippen LogP contribution in [0.25, 0.3) is 17.1 Å². The van der Waals surface area contributed by atoms with Crippen molar-refractivity contribution in [3.8, 4) is 17.1 Å². The van der Waals surface area contributed by atoms with E-state index in [0.717, 1.165) is 35.8 Å². The first-order valence-corrected chi connectivity index (χ1v) is 14.5. The summed E-state index contributed by atoms with van der Waals surface area (Å²) in [7, 11) is -3.56. The predicted octanol–water partition coefficient (Wildman–Crippen LogP) is 3.99. The SMILES string of the molecule is CS(=O)(=O)N1CC[C@@H](Nc2ncc(C(F)(F)F)c(-c3cn(-c4ccc(CN5CCC5)cc4Cl)cn3)n2)[C@H](F)C1. The van der Waals surface area contributed by atoms with E-state index in [-0.39, 0.29) is 31.2 Å². The fourth-order valence-electron chi connectivity index (χ4n) is 4.59. The van der Waals surface area contributed by atoms with Crippen molar-refractivity contribution in [3.63, 3.8) is 0 Å². The number of hydrogen-bond acceptors (Lipinski definition) is 7. The number of imidazole rings is 1. The number of anilines is 1. The van der Waals surface area contributed by atoms with Gasteiger partial charge in [0, 0.05) is 32.0 Å². The topological polar surface area (TPSA) is 96.2 Å². The van der Waals surface area contributed by atoms with E-state index in [9.17, 15) is 26.0 Å². The summed E-state index contributed by atoms with van der Waals surface area (Å²) in [4.78, 5) is 14.2. The summed E-state index contributed by atoms with van der Waals surface area (Å²) in [6.45, 7) is 2.53. The number of halogens is 5. The van der Waals surface area contributed by atoms with Crippen LogP contribution in [0.4, 0.5) is 23.5 Å². The van der Waals surface area contributed by atoms with E-state index in [1.165, 1.54) is 23.5 Å². The fraction of sp³-hybridized carbons (Fsp3) is 0.458. The average molecular weight is 588 g/mol. The van der Waals surface area contributed by atoms with Gasteiger partial charge in [0.1, 0.15) is 29.5 Å². The summed E-state index contributed by atoms with van der Waals surface area (Å²) in [6, 6.07) is 4.64. The van der Waals surface area contributed by atoms with Gasteiger partial charge in [0.2, 0.25) is 16.0 Å². The lowest BCUT2D eigenvalue weighted by atomic mass is 10.1. The molecule has 2 aliphatic heterocycles. The van der Waals surface area contributed by atoms with E-state index in [1.807, 2.05) is 12.1 Å². The molecule has 0 amide bonds. The van der Waals surface area contributed by atoms with Crippen molar-refractivity contribution in [2.24, 2.45) is 0 Å². The Morgan fingerprint density at radius 3 is 2.56 bits per heavy atom. The normalized spacial score (nSPS) is 21.1. The second-order valence-corrected chi connectivity index (χ2v) is 12.1. The van der Waals surface area contributed by atoms with Crippen molar-refractivity contribution in [1.29, 1.82) is 0 Å². The third-order valence-electron chi connectivity index (χ3n) is 6.85. The Morgan fingerprint density at radius 1 is 1.18 bits per heavy atom. The number of likely N-dealkylation sites (tertiary alicyclic amines) is 1. The Bertz CT molecular complexity index is 1460. The van der Waals surface area contributed by atoms with Crippen molar-refractivity contribution in [1.82, 2.24) is 28.7 Å². The zero-order valence-corrected chi connectivity index (χ0v) is 22.4. The minimum Gasteiger partial charge on any atom is -0.348 e. The highest BCUT2D eigenvalue weighted by atomic mass is 35.5. The predicted molar refractivity (Wildman–Crippen MR) is 138 cm³/mol. The standard InChI is InChI=1S/C24H26ClF4N7O2S/c1-39(37,38)36-8-5-19(18(26)12-36)32-23-30-10-16(24(27,28)29)22(33-23)20-13-35(14-31-20)21-4-3-15(9-17(21)25)11-34-6-2-7-34/h3-4,9-10,13-14,18-19H,2,5-8,11-12H2,1H3,(H,30,32,33)/t18-,19-/m1/s1. The van der Waals surface area contributed by atoms with Crippen molar-refractivity contribution in [2.75, 3.05) is 37.8 Å². The van der Waals surface area contributed by atoms with E-state index in [1.54, 1.807) is 6.07 Å². The van der Waals surface area contributed by atoms with Crippen LogP contribution in [0.5, 0.6) is 0 Å². The van der Waals surface area contributed by atoms with Gasteiger partial charge < -0.3 is 9.88 Å². The maximum atomic E-state index is 14.7. The van der Waals surface area contributed by atoms with Gasteiger partial charge in [-0.2, -0.15) is 17.5 Å². The summed E-state index contributed by atoms with van der Waals surface area (Å²) in [5, 5.41) is 3.15. The monoisotopic (exact) mass is 587 g/mol. The highest BCUT2D eigenvalue weighted by Crippen LogP contribution is 2.36. The van der Waals surface area contributed by atoms with Crippen molar-refractivity contribution in [3.05, 3.63) is 53.1 Å². The maximum absolute atomic E-state index is 14.7. The van der Waals surface area contributed by atoms with Gasteiger partial charge in [-0.05, 0) is 43.6 Å². The van der Waals surface area contributed by atoms with Gasteiger partial charge in [-0.3, -0.25) is 4.90 Å². The quantitative estimate of drug-likeness (QED) is 0.418. The Hall–Kier alpha value is -2.81. The lowest BCUT2D eigenvalue weighted by Crippen LogP contribution is -2.49. The van der Waals surface area contributed by atoms with E-state index in [4.69, 9.17) is 11.6 Å². The van der Waals surface area contributed by atoms with E-state index < -0.39 is 39.7 Å². The van der Waals surface area contributed by atoms with Gasteiger partial charge in [0.15, 0.2) is 0 Å². The molecule has 2 fully saturated rings. The van der Waals surface area contributed by atoms with Crippen LogP contribution >= 0.6 is 11.6 Å². The number of sulfonamides is 1. The van der Waals surface area contributed by atoms with Gasteiger partial charge in [-0.1, -0.05) is 17.7 Å². The molecule has 1 aromatic carbocycles. The Morgan fingerprint density at radius 2 is 1.95 bits per heavy atom. The van der Waals surface area contributed by atoms with E-state index >= 15 is 0 Å². The number of nitrogens with one attached hydrogen (secondary N) is 1. The molecule has 15 heteroatoms. The molecule has 2 aliphatic rings. The summed E-state index contributed by atoms with van der Waals surface area (Å²) in [6.07, 6.45) is -0.757. The van der Waals surface area contributed by atoms with E-state index in [2.05, 4.69) is 25.2 Å². The van der Waals surface area contributed by atoms with Crippen molar-refractivity contribution < 1.29 is 26.0 Å². The van der Waals surface area contributed by atoms with Crippen LogP contribution in [0, 0.1) is 0 Å². The summed E-state index contributed by atoms with van der Waals surface area (Å²) in [5.74, 6) is -0.221. The van der Waals surface area contributed by atoms with Crippen LogP contribution in [0.3, 0.4) is 0 Å². The molecule has 1 N–H and O–H groups in total. The molecule has 2 saturated heterocycles. The maximum Gasteiger partial charge on any atom is 0.420 e. The van der Waals surface area contributed by atoms with Crippen LogP contribution in [0.1, 0.15) is 24.0 Å². The molecular formula is C24H26ClF4N7O2S.